The Bertz CT molecular complexity index is 371. The summed E-state index contributed by atoms with van der Waals surface area (Å²) in [7, 11) is 1.04. The van der Waals surface area contributed by atoms with Crippen molar-refractivity contribution < 1.29 is 27.4 Å². The fourth-order valence-corrected chi connectivity index (χ4v) is 2.46. The average Bonchev–Trinajstić information content (AvgIpc) is 2.86. The highest BCUT2D eigenvalue weighted by molar-refractivity contribution is 5.81. The van der Waals surface area contributed by atoms with E-state index in [4.69, 9.17) is 4.74 Å². The van der Waals surface area contributed by atoms with Crippen molar-refractivity contribution in [1.82, 2.24) is 0 Å². The lowest BCUT2D eigenvalue weighted by Gasteiger charge is -2.33. The Labute approximate surface area is 122 Å². The van der Waals surface area contributed by atoms with Gasteiger partial charge in [-0.05, 0) is 12.8 Å². The number of carbonyl (C=O) groups is 1. The normalized spacial score (nSPS) is 24.9. The molecule has 1 aliphatic heterocycles. The van der Waals surface area contributed by atoms with Crippen molar-refractivity contribution in [1.29, 1.82) is 0 Å². The summed E-state index contributed by atoms with van der Waals surface area (Å²) in [5.74, 6) is -1.02. The number of carbonyl (C=O) groups excluding carboxylic acids is 1. The minimum atomic E-state index is -4.67. The van der Waals surface area contributed by atoms with Gasteiger partial charge in [0.1, 0.15) is 0 Å². The van der Waals surface area contributed by atoms with Gasteiger partial charge in [0.05, 0.1) is 7.11 Å². The van der Waals surface area contributed by atoms with Crippen LogP contribution in [0.25, 0.3) is 0 Å². The maximum atomic E-state index is 13.4. The second-order valence-corrected chi connectivity index (χ2v) is 5.20. The molecule has 1 rings (SSSR count). The molecular formula is C14H22F3NO3. The van der Waals surface area contributed by atoms with Crippen molar-refractivity contribution >= 4 is 12.4 Å². The fourth-order valence-electron chi connectivity index (χ4n) is 2.46. The summed E-state index contributed by atoms with van der Waals surface area (Å²) in [6.45, 7) is 2.07. The van der Waals surface area contributed by atoms with Gasteiger partial charge in [-0.25, -0.2) is 9.79 Å². The lowest BCUT2D eigenvalue weighted by atomic mass is 9.87. The number of halogens is 3. The summed E-state index contributed by atoms with van der Waals surface area (Å²) in [4.78, 5) is 15.0. The first-order valence-corrected chi connectivity index (χ1v) is 7.23. The number of nitrogens with zero attached hydrogens (tertiary/aromatic N) is 1. The van der Waals surface area contributed by atoms with Gasteiger partial charge in [0.2, 0.25) is 5.60 Å². The highest BCUT2D eigenvalue weighted by Crippen LogP contribution is 2.44. The van der Waals surface area contributed by atoms with Crippen LogP contribution in [-0.2, 0) is 14.3 Å². The lowest BCUT2D eigenvalue weighted by molar-refractivity contribution is -0.256. The molecule has 4 nitrogen and oxygen atoms in total. The number of alkyl halides is 3. The first kappa shape index (κ1) is 17.8. The average molecular weight is 309 g/mol. The van der Waals surface area contributed by atoms with E-state index >= 15 is 0 Å². The minimum absolute atomic E-state index is 0.289. The van der Waals surface area contributed by atoms with Crippen molar-refractivity contribution in [3.05, 3.63) is 0 Å². The number of ether oxygens (including phenoxy) is 2. The van der Waals surface area contributed by atoms with Crippen LogP contribution in [0.2, 0.25) is 0 Å². The molecule has 1 aliphatic rings. The monoisotopic (exact) mass is 309 g/mol. The maximum Gasteiger partial charge on any atom is 0.431 e. The molecule has 0 radical (unpaired) electrons. The molecule has 0 saturated carbocycles. The quantitative estimate of drug-likeness (QED) is 0.508. The standard InChI is InChI=1S/C14H22F3NO3/c1-3-4-5-6-7-8-9-13(14(15,16)17)11(12(19)20-2)18-10-21-13/h10-11H,3-9H2,1-2H3/t11-,13+/m1/s1. The highest BCUT2D eigenvalue weighted by Gasteiger charge is 2.66. The van der Waals surface area contributed by atoms with Gasteiger partial charge < -0.3 is 9.47 Å². The van der Waals surface area contributed by atoms with Crippen LogP contribution in [0.5, 0.6) is 0 Å². The third-order valence-electron chi connectivity index (χ3n) is 3.72. The summed E-state index contributed by atoms with van der Waals surface area (Å²) < 4.78 is 49.3. The molecule has 7 heteroatoms. The zero-order chi connectivity index (χ0) is 15.9. The largest absolute Gasteiger partial charge is 0.467 e. The van der Waals surface area contributed by atoms with Crippen molar-refractivity contribution in [2.45, 2.75) is 69.7 Å². The van der Waals surface area contributed by atoms with Crippen LogP contribution in [-0.4, -0.2) is 37.3 Å². The second kappa shape index (κ2) is 7.66. The first-order valence-electron chi connectivity index (χ1n) is 7.23. The van der Waals surface area contributed by atoms with Gasteiger partial charge in [0.25, 0.3) is 0 Å². The van der Waals surface area contributed by atoms with Crippen molar-refractivity contribution in [3.8, 4) is 0 Å². The topological polar surface area (TPSA) is 47.9 Å². The molecule has 1 heterocycles. The summed E-state index contributed by atoms with van der Waals surface area (Å²) in [6, 6.07) is -1.67. The smallest absolute Gasteiger partial charge is 0.431 e. The number of unbranched alkanes of at least 4 members (excludes halogenated alkanes) is 5. The van der Waals surface area contributed by atoms with E-state index in [-0.39, 0.29) is 6.42 Å². The Hall–Kier alpha value is -1.27. The zero-order valence-corrected chi connectivity index (χ0v) is 12.4. The van der Waals surface area contributed by atoms with Gasteiger partial charge in [-0.1, -0.05) is 39.0 Å². The van der Waals surface area contributed by atoms with Gasteiger partial charge in [-0.2, -0.15) is 13.2 Å². The number of esters is 1. The number of aliphatic imine (C=N–C) groups is 1. The molecule has 0 bridgehead atoms. The maximum absolute atomic E-state index is 13.4. The molecule has 0 saturated heterocycles. The molecule has 122 valence electrons. The molecule has 0 aliphatic carbocycles. The van der Waals surface area contributed by atoms with Crippen LogP contribution >= 0.6 is 0 Å². The van der Waals surface area contributed by atoms with E-state index < -0.39 is 23.8 Å². The molecule has 21 heavy (non-hydrogen) atoms. The van der Waals surface area contributed by atoms with E-state index in [2.05, 4.69) is 16.7 Å². The van der Waals surface area contributed by atoms with Crippen molar-refractivity contribution in [3.63, 3.8) is 0 Å². The van der Waals surface area contributed by atoms with Crippen LogP contribution < -0.4 is 0 Å². The molecule has 0 aromatic carbocycles. The molecule has 0 spiro atoms. The van der Waals surface area contributed by atoms with Crippen molar-refractivity contribution in [2.24, 2.45) is 4.99 Å². The SMILES string of the molecule is CCCCCCCC[C@]1(C(F)(F)F)OC=N[C@@H]1C(=O)OC. The Morgan fingerprint density at radius 2 is 1.90 bits per heavy atom. The Balaban J connectivity index is 2.66. The van der Waals surface area contributed by atoms with Gasteiger partial charge >= 0.3 is 12.1 Å². The zero-order valence-electron chi connectivity index (χ0n) is 12.4. The van der Waals surface area contributed by atoms with Gasteiger partial charge in [-0.3, -0.25) is 0 Å². The number of rotatable bonds is 8. The first-order chi connectivity index (χ1) is 9.89. The molecule has 2 atom stereocenters. The van der Waals surface area contributed by atoms with E-state index in [1.807, 2.05) is 0 Å². The number of hydrogen-bond acceptors (Lipinski definition) is 4. The van der Waals surface area contributed by atoms with Crippen LogP contribution in [0.15, 0.2) is 4.99 Å². The molecule has 0 unspecified atom stereocenters. The predicted octanol–water partition coefficient (Wildman–Crippen LogP) is 3.64. The van der Waals surface area contributed by atoms with Crippen LogP contribution in [0.1, 0.15) is 51.9 Å². The predicted molar refractivity (Wildman–Crippen MR) is 72.2 cm³/mol. The number of methoxy groups -OCH3 is 1. The molecule has 0 fully saturated rings. The summed E-state index contributed by atoms with van der Waals surface area (Å²) in [6.07, 6.45) is 0.803. The van der Waals surface area contributed by atoms with Gasteiger partial charge in [0, 0.05) is 0 Å². The Morgan fingerprint density at radius 1 is 1.29 bits per heavy atom. The van der Waals surface area contributed by atoms with E-state index in [1.165, 1.54) is 0 Å². The highest BCUT2D eigenvalue weighted by atomic mass is 19.4. The summed E-state index contributed by atoms with van der Waals surface area (Å²) in [5, 5.41) is 0. The van der Waals surface area contributed by atoms with Gasteiger partial charge in [0.15, 0.2) is 12.4 Å². The molecular weight excluding hydrogens is 287 g/mol. The molecule has 0 aromatic heterocycles. The number of hydrogen-bond donors (Lipinski definition) is 0. The summed E-state index contributed by atoms with van der Waals surface area (Å²) in [5.41, 5.74) is -2.58. The lowest BCUT2D eigenvalue weighted by Crippen LogP contribution is -2.56. The van der Waals surface area contributed by atoms with Crippen LogP contribution in [0.4, 0.5) is 13.2 Å². The van der Waals surface area contributed by atoms with Gasteiger partial charge in [-0.15, -0.1) is 0 Å². The molecule has 0 N–H and O–H groups in total. The second-order valence-electron chi connectivity index (χ2n) is 5.20. The third-order valence-corrected chi connectivity index (χ3v) is 3.72. The third kappa shape index (κ3) is 4.11. The summed E-state index contributed by atoms with van der Waals surface area (Å²) >= 11 is 0. The van der Waals surface area contributed by atoms with Crippen molar-refractivity contribution in [2.75, 3.05) is 7.11 Å². The van der Waals surface area contributed by atoms with E-state index in [0.29, 0.717) is 19.2 Å². The van der Waals surface area contributed by atoms with E-state index in [1.54, 1.807) is 0 Å². The molecule has 0 amide bonds. The fraction of sp³-hybridized carbons (Fsp3) is 0.857. The Kier molecular flexibility index (Phi) is 6.48. The van der Waals surface area contributed by atoms with Crippen LogP contribution in [0.3, 0.4) is 0 Å². The Morgan fingerprint density at radius 3 is 2.48 bits per heavy atom. The minimum Gasteiger partial charge on any atom is -0.467 e. The van der Waals surface area contributed by atoms with Crippen LogP contribution in [0, 0.1) is 0 Å². The van der Waals surface area contributed by atoms with E-state index in [9.17, 15) is 18.0 Å². The molecule has 0 aromatic rings. The van der Waals surface area contributed by atoms with E-state index in [0.717, 1.165) is 32.8 Å².